The van der Waals surface area contributed by atoms with E-state index >= 15 is 0 Å². The summed E-state index contributed by atoms with van der Waals surface area (Å²) in [6, 6.07) is 19.2. The quantitative estimate of drug-likeness (QED) is 0.195. The second kappa shape index (κ2) is 20.4. The smallest absolute Gasteiger partial charge is 0.407 e. The molecule has 2 rings (SSSR count). The minimum absolute atomic E-state index is 0.0968. The van der Waals surface area contributed by atoms with Gasteiger partial charge in [-0.3, -0.25) is 0 Å². The van der Waals surface area contributed by atoms with Gasteiger partial charge in [0.1, 0.15) is 20.9 Å². The van der Waals surface area contributed by atoms with Crippen LogP contribution >= 0.6 is 11.8 Å². The van der Waals surface area contributed by atoms with Gasteiger partial charge in [-0.1, -0.05) is 60.7 Å². The van der Waals surface area contributed by atoms with Crippen LogP contribution in [0, 0.1) is 0 Å². The van der Waals surface area contributed by atoms with Crippen LogP contribution < -0.4 is 10.6 Å². The number of carbonyl (C=O) groups is 4. The maximum atomic E-state index is 12.3. The molecule has 0 spiro atoms. The van der Waals surface area contributed by atoms with Crippen molar-refractivity contribution in [2.45, 2.75) is 49.6 Å². The van der Waals surface area contributed by atoms with Gasteiger partial charge in [0, 0.05) is 6.26 Å². The third kappa shape index (κ3) is 14.1. The first-order chi connectivity index (χ1) is 21.8. The molecule has 2 aromatic rings. The van der Waals surface area contributed by atoms with E-state index in [0.29, 0.717) is 25.7 Å². The van der Waals surface area contributed by atoms with Crippen molar-refractivity contribution >= 4 is 45.7 Å². The standard InChI is InChI=1S/C16H23NO6S.C16H23NO4S/c1-22-14(18)16(17-15(19)23-2,11-12-24(3,20)21)10-9-13-7-5-4-6-8-13;1-20-14(18)16(11-12-22-3,17-15(19)21-2)10-9-13-7-5-4-6-8-13/h4-8H,9-12H2,1-3H3,(H,17,19);4-8H,9-12H2,1-3H3,(H,17,19). The van der Waals surface area contributed by atoms with Crippen molar-refractivity contribution in [1.29, 1.82) is 0 Å². The Labute approximate surface area is 276 Å². The van der Waals surface area contributed by atoms with Gasteiger partial charge in [0.25, 0.3) is 0 Å². The summed E-state index contributed by atoms with van der Waals surface area (Å²) in [6.45, 7) is 0. The number of ether oxygens (including phenoxy) is 4. The summed E-state index contributed by atoms with van der Waals surface area (Å²) < 4.78 is 42.0. The van der Waals surface area contributed by atoms with Crippen molar-refractivity contribution < 1.29 is 46.5 Å². The molecule has 46 heavy (non-hydrogen) atoms. The van der Waals surface area contributed by atoms with Crippen LogP contribution in [0.2, 0.25) is 0 Å². The van der Waals surface area contributed by atoms with Gasteiger partial charge in [0.2, 0.25) is 0 Å². The molecule has 2 N–H and O–H groups in total. The topological polar surface area (TPSA) is 163 Å². The number of thioether (sulfide) groups is 1. The lowest BCUT2D eigenvalue weighted by molar-refractivity contribution is -0.149. The molecule has 0 bridgehead atoms. The Hall–Kier alpha value is -3.78. The molecule has 0 aliphatic carbocycles. The van der Waals surface area contributed by atoms with Crippen LogP contribution in [0.5, 0.6) is 0 Å². The van der Waals surface area contributed by atoms with Crippen molar-refractivity contribution in [3.63, 3.8) is 0 Å². The molecule has 12 nitrogen and oxygen atoms in total. The molecular formula is C32H46N2O10S2. The summed E-state index contributed by atoms with van der Waals surface area (Å²) >= 11 is 1.61. The summed E-state index contributed by atoms with van der Waals surface area (Å²) in [7, 11) is 1.65. The number of carbonyl (C=O) groups excluding carboxylic acids is 4. The van der Waals surface area contributed by atoms with Crippen LogP contribution in [0.3, 0.4) is 0 Å². The van der Waals surface area contributed by atoms with Gasteiger partial charge in [-0.2, -0.15) is 11.8 Å². The Balaban J connectivity index is 0.000000462. The fraction of sp³-hybridized carbons (Fsp3) is 0.500. The number of esters is 2. The summed E-state index contributed by atoms with van der Waals surface area (Å²) in [5, 5.41) is 5.16. The van der Waals surface area contributed by atoms with Crippen LogP contribution in [0.4, 0.5) is 9.59 Å². The average molecular weight is 683 g/mol. The molecule has 2 amide bonds. The van der Waals surface area contributed by atoms with Crippen molar-refractivity contribution in [2.24, 2.45) is 0 Å². The summed E-state index contributed by atoms with van der Waals surface area (Å²) in [6.07, 6.45) is 3.75. The number of alkyl carbamates (subject to hydrolysis) is 2. The second-order valence-electron chi connectivity index (χ2n) is 10.5. The molecule has 256 valence electrons. The molecule has 0 aliphatic heterocycles. The summed E-state index contributed by atoms with van der Waals surface area (Å²) in [5.41, 5.74) is -0.482. The minimum atomic E-state index is -3.32. The fourth-order valence-electron chi connectivity index (χ4n) is 4.53. The SMILES string of the molecule is COC(=O)NC(CCSC)(CCc1ccccc1)C(=O)OC.COC(=O)NC(CCc1ccccc1)(CCS(C)(=O)=O)C(=O)OC. The Kier molecular flexibility index (Phi) is 17.8. The Morgan fingerprint density at radius 3 is 1.37 bits per heavy atom. The number of hydrogen-bond acceptors (Lipinski definition) is 11. The predicted molar refractivity (Wildman–Crippen MR) is 177 cm³/mol. The first kappa shape index (κ1) is 40.2. The Morgan fingerprint density at radius 2 is 1.04 bits per heavy atom. The van der Waals surface area contributed by atoms with Crippen molar-refractivity contribution in [3.05, 3.63) is 71.8 Å². The van der Waals surface area contributed by atoms with Crippen LogP contribution in [-0.4, -0.2) is 96.1 Å². The monoisotopic (exact) mass is 682 g/mol. The van der Waals surface area contributed by atoms with E-state index in [1.54, 1.807) is 11.8 Å². The number of rotatable bonds is 16. The molecule has 0 aromatic heterocycles. The molecular weight excluding hydrogens is 636 g/mol. The van der Waals surface area contributed by atoms with Crippen LogP contribution in [0.1, 0.15) is 36.8 Å². The van der Waals surface area contributed by atoms with E-state index in [1.165, 1.54) is 28.4 Å². The molecule has 0 radical (unpaired) electrons. The van der Waals surface area contributed by atoms with Crippen molar-refractivity contribution in [2.75, 3.05) is 52.5 Å². The number of sulfone groups is 1. The molecule has 0 saturated heterocycles. The molecule has 0 fully saturated rings. The normalized spacial score (nSPS) is 13.3. The fourth-order valence-corrected chi connectivity index (χ4v) is 5.81. The number of methoxy groups -OCH3 is 4. The number of amides is 2. The van der Waals surface area contributed by atoms with E-state index < -0.39 is 45.0 Å². The third-order valence-corrected chi connectivity index (χ3v) is 8.76. The molecule has 2 unspecified atom stereocenters. The van der Waals surface area contributed by atoms with E-state index in [0.717, 1.165) is 23.1 Å². The highest BCUT2D eigenvalue weighted by Gasteiger charge is 2.42. The Bertz CT molecular complexity index is 1340. The predicted octanol–water partition coefficient (Wildman–Crippen LogP) is 3.96. The summed E-state index contributed by atoms with van der Waals surface area (Å²) in [5.74, 6) is -0.676. The van der Waals surface area contributed by atoms with E-state index in [4.69, 9.17) is 9.47 Å². The lowest BCUT2D eigenvalue weighted by Crippen LogP contribution is -2.56. The zero-order valence-electron chi connectivity index (χ0n) is 27.3. The maximum Gasteiger partial charge on any atom is 0.407 e. The van der Waals surface area contributed by atoms with Gasteiger partial charge in [-0.05, 0) is 61.7 Å². The number of benzene rings is 2. The van der Waals surface area contributed by atoms with E-state index in [9.17, 15) is 27.6 Å². The first-order valence-electron chi connectivity index (χ1n) is 14.4. The van der Waals surface area contributed by atoms with Gasteiger partial charge < -0.3 is 29.6 Å². The lowest BCUT2D eigenvalue weighted by atomic mass is 9.88. The highest BCUT2D eigenvalue weighted by Crippen LogP contribution is 2.24. The molecule has 0 heterocycles. The first-order valence-corrected chi connectivity index (χ1v) is 17.9. The molecule has 14 heteroatoms. The van der Waals surface area contributed by atoms with Gasteiger partial charge in [0.05, 0.1) is 34.2 Å². The van der Waals surface area contributed by atoms with Crippen molar-refractivity contribution in [1.82, 2.24) is 10.6 Å². The Morgan fingerprint density at radius 1 is 0.652 bits per heavy atom. The van der Waals surface area contributed by atoms with Gasteiger partial charge in [0.15, 0.2) is 0 Å². The third-order valence-electron chi connectivity index (χ3n) is 7.20. The van der Waals surface area contributed by atoms with Gasteiger partial charge in [-0.25, -0.2) is 27.6 Å². The van der Waals surface area contributed by atoms with E-state index in [2.05, 4.69) is 20.1 Å². The lowest BCUT2D eigenvalue weighted by Gasteiger charge is -2.31. The molecule has 2 atom stereocenters. The zero-order valence-corrected chi connectivity index (χ0v) is 29.0. The van der Waals surface area contributed by atoms with Crippen LogP contribution in [-0.2, 0) is 51.2 Å². The number of nitrogens with one attached hydrogen (secondary N) is 2. The zero-order chi connectivity index (χ0) is 34.6. The number of hydrogen-bond donors (Lipinski definition) is 2. The van der Waals surface area contributed by atoms with Crippen molar-refractivity contribution in [3.8, 4) is 0 Å². The second-order valence-corrected chi connectivity index (χ2v) is 13.7. The van der Waals surface area contributed by atoms with E-state index in [1.807, 2.05) is 66.9 Å². The average Bonchev–Trinajstić information content (AvgIpc) is 3.07. The van der Waals surface area contributed by atoms with Crippen LogP contribution in [0.15, 0.2) is 60.7 Å². The summed E-state index contributed by atoms with van der Waals surface area (Å²) in [4.78, 5) is 48.0. The van der Waals surface area contributed by atoms with Gasteiger partial charge >= 0.3 is 24.1 Å². The molecule has 2 aromatic carbocycles. The molecule has 0 saturated carbocycles. The van der Waals surface area contributed by atoms with E-state index in [-0.39, 0.29) is 18.6 Å². The van der Waals surface area contributed by atoms with Crippen LogP contribution in [0.25, 0.3) is 0 Å². The highest BCUT2D eigenvalue weighted by atomic mass is 32.2. The molecule has 0 aliphatic rings. The maximum absolute atomic E-state index is 12.3. The van der Waals surface area contributed by atoms with Gasteiger partial charge in [-0.15, -0.1) is 0 Å². The highest BCUT2D eigenvalue weighted by molar-refractivity contribution is 7.98. The number of aryl methyl sites for hydroxylation is 2. The largest absolute Gasteiger partial charge is 0.467 e. The minimum Gasteiger partial charge on any atom is -0.467 e.